The standard InChI is InChI=1S/C25H29ClN2O3/c1-27-16-8-9-17-28(25(30)18-10-2-4-12-20(18)26)21-13-5-7-15-23(21)31-22-14-6-3-11-19(22)24(27)29/h2-4,6,10-12,14,21,23H,5,7-9,13,15-17H2,1H3/t21-,23+/m1/s1. The van der Waals surface area contributed by atoms with Gasteiger partial charge in [-0.15, -0.1) is 0 Å². The van der Waals surface area contributed by atoms with Crippen molar-refractivity contribution in [1.82, 2.24) is 9.80 Å². The Morgan fingerprint density at radius 1 is 0.968 bits per heavy atom. The van der Waals surface area contributed by atoms with Gasteiger partial charge in [-0.3, -0.25) is 9.59 Å². The molecule has 1 heterocycles. The molecule has 6 heteroatoms. The maximum absolute atomic E-state index is 13.6. The lowest BCUT2D eigenvalue weighted by Crippen LogP contribution is -2.51. The summed E-state index contributed by atoms with van der Waals surface area (Å²) in [5, 5.41) is 0.475. The van der Waals surface area contributed by atoms with Crippen molar-refractivity contribution in [3.8, 4) is 5.75 Å². The van der Waals surface area contributed by atoms with Gasteiger partial charge >= 0.3 is 0 Å². The Labute approximate surface area is 188 Å². The summed E-state index contributed by atoms with van der Waals surface area (Å²) in [6, 6.07) is 14.6. The molecule has 0 aromatic heterocycles. The highest BCUT2D eigenvalue weighted by Gasteiger charge is 2.36. The van der Waals surface area contributed by atoms with Crippen LogP contribution in [0.1, 0.15) is 59.2 Å². The number of halogens is 1. The van der Waals surface area contributed by atoms with Gasteiger partial charge in [0.1, 0.15) is 11.9 Å². The molecule has 164 valence electrons. The number of carbonyl (C=O) groups is 2. The van der Waals surface area contributed by atoms with E-state index in [0.717, 1.165) is 38.5 Å². The van der Waals surface area contributed by atoms with Crippen molar-refractivity contribution >= 4 is 23.4 Å². The molecule has 1 aliphatic carbocycles. The highest BCUT2D eigenvalue weighted by atomic mass is 35.5. The van der Waals surface area contributed by atoms with Gasteiger partial charge < -0.3 is 14.5 Å². The Morgan fingerprint density at radius 3 is 2.52 bits per heavy atom. The second-order valence-electron chi connectivity index (χ2n) is 8.42. The van der Waals surface area contributed by atoms with Crippen LogP contribution in [0.2, 0.25) is 5.02 Å². The maximum atomic E-state index is 13.6. The van der Waals surface area contributed by atoms with E-state index in [-0.39, 0.29) is 24.0 Å². The van der Waals surface area contributed by atoms with Crippen LogP contribution in [0.4, 0.5) is 0 Å². The summed E-state index contributed by atoms with van der Waals surface area (Å²) in [4.78, 5) is 30.3. The third kappa shape index (κ3) is 4.72. The predicted octanol–water partition coefficient (Wildman–Crippen LogP) is 5.04. The number of amides is 2. The molecule has 1 aliphatic heterocycles. The van der Waals surface area contributed by atoms with E-state index in [1.165, 1.54) is 0 Å². The first-order chi connectivity index (χ1) is 15.1. The van der Waals surface area contributed by atoms with Crippen LogP contribution in [0, 0.1) is 0 Å². The molecule has 2 aliphatic rings. The number of nitrogens with zero attached hydrogens (tertiary/aromatic N) is 2. The van der Waals surface area contributed by atoms with E-state index in [9.17, 15) is 9.59 Å². The summed E-state index contributed by atoms with van der Waals surface area (Å²) < 4.78 is 6.46. The lowest BCUT2D eigenvalue weighted by Gasteiger charge is -2.40. The number of ether oxygens (including phenoxy) is 1. The quantitative estimate of drug-likeness (QED) is 0.624. The zero-order valence-electron chi connectivity index (χ0n) is 17.9. The topological polar surface area (TPSA) is 49.9 Å². The summed E-state index contributed by atoms with van der Waals surface area (Å²) >= 11 is 6.37. The Morgan fingerprint density at radius 2 is 1.68 bits per heavy atom. The van der Waals surface area contributed by atoms with E-state index < -0.39 is 0 Å². The van der Waals surface area contributed by atoms with Crippen molar-refractivity contribution in [3.05, 3.63) is 64.7 Å². The summed E-state index contributed by atoms with van der Waals surface area (Å²) in [6.07, 6.45) is 5.34. The minimum Gasteiger partial charge on any atom is -0.487 e. The molecule has 2 aromatic rings. The van der Waals surface area contributed by atoms with E-state index in [1.54, 1.807) is 17.0 Å². The van der Waals surface area contributed by atoms with E-state index in [4.69, 9.17) is 16.3 Å². The second-order valence-corrected chi connectivity index (χ2v) is 8.82. The fourth-order valence-electron chi connectivity index (χ4n) is 4.63. The van der Waals surface area contributed by atoms with Gasteiger partial charge in [-0.25, -0.2) is 0 Å². The fourth-order valence-corrected chi connectivity index (χ4v) is 4.84. The zero-order valence-corrected chi connectivity index (χ0v) is 18.7. The van der Waals surface area contributed by atoms with Crippen molar-refractivity contribution < 1.29 is 14.3 Å². The van der Waals surface area contributed by atoms with Crippen molar-refractivity contribution in [2.45, 2.75) is 50.7 Å². The first-order valence-corrected chi connectivity index (χ1v) is 11.5. The van der Waals surface area contributed by atoms with Crippen molar-refractivity contribution in [2.24, 2.45) is 0 Å². The van der Waals surface area contributed by atoms with Gasteiger partial charge in [0.05, 0.1) is 22.2 Å². The maximum Gasteiger partial charge on any atom is 0.257 e. The van der Waals surface area contributed by atoms with Gasteiger partial charge in [0.25, 0.3) is 11.8 Å². The van der Waals surface area contributed by atoms with Crippen LogP contribution >= 0.6 is 11.6 Å². The monoisotopic (exact) mass is 440 g/mol. The molecule has 31 heavy (non-hydrogen) atoms. The normalized spacial score (nSPS) is 22.5. The molecular weight excluding hydrogens is 412 g/mol. The minimum absolute atomic E-state index is 0.0208. The van der Waals surface area contributed by atoms with Gasteiger partial charge in [0.15, 0.2) is 0 Å². The molecule has 0 saturated heterocycles. The molecule has 2 amide bonds. The van der Waals surface area contributed by atoms with Crippen molar-refractivity contribution in [1.29, 1.82) is 0 Å². The van der Waals surface area contributed by atoms with E-state index in [1.807, 2.05) is 48.3 Å². The third-order valence-electron chi connectivity index (χ3n) is 6.32. The van der Waals surface area contributed by atoms with Gasteiger partial charge in [-0.05, 0) is 56.4 Å². The molecule has 0 bridgehead atoms. The fraction of sp³-hybridized carbons (Fsp3) is 0.440. The van der Waals surface area contributed by atoms with Gasteiger partial charge in [0.2, 0.25) is 0 Å². The number of hydrogen-bond acceptors (Lipinski definition) is 3. The zero-order chi connectivity index (χ0) is 21.8. The van der Waals surface area contributed by atoms with E-state index in [0.29, 0.717) is 35.0 Å². The van der Waals surface area contributed by atoms with Crippen LogP contribution < -0.4 is 4.74 Å². The molecular formula is C25H29ClN2O3. The number of rotatable bonds is 1. The molecule has 5 nitrogen and oxygen atoms in total. The molecule has 0 N–H and O–H groups in total. The average molecular weight is 441 g/mol. The number of carbonyl (C=O) groups excluding carboxylic acids is 2. The number of fused-ring (bicyclic) bond motifs is 2. The molecule has 1 fully saturated rings. The van der Waals surface area contributed by atoms with E-state index >= 15 is 0 Å². The van der Waals surface area contributed by atoms with Gasteiger partial charge in [-0.2, -0.15) is 0 Å². The Bertz CT molecular complexity index is 948. The lowest BCUT2D eigenvalue weighted by molar-refractivity contribution is 0.0261. The molecule has 2 atom stereocenters. The Kier molecular flexibility index (Phi) is 6.81. The molecule has 0 radical (unpaired) electrons. The van der Waals surface area contributed by atoms with Crippen LogP contribution in [0.25, 0.3) is 0 Å². The van der Waals surface area contributed by atoms with Crippen LogP contribution in [0.3, 0.4) is 0 Å². The summed E-state index contributed by atoms with van der Waals surface area (Å²) in [7, 11) is 1.82. The Balaban J connectivity index is 1.70. The minimum atomic E-state index is -0.154. The number of para-hydroxylation sites is 1. The SMILES string of the molecule is CN1CCCCN(C(=O)c2ccccc2Cl)[C@@H]2CCCC[C@@H]2Oc2ccccc2C1=O. The molecule has 1 saturated carbocycles. The highest BCUT2D eigenvalue weighted by molar-refractivity contribution is 6.33. The second kappa shape index (κ2) is 9.73. The molecule has 0 spiro atoms. The molecule has 4 rings (SSSR count). The first kappa shape index (κ1) is 21.7. The van der Waals surface area contributed by atoms with Crippen LogP contribution in [-0.4, -0.2) is 53.9 Å². The molecule has 2 aromatic carbocycles. The van der Waals surface area contributed by atoms with Gasteiger partial charge in [-0.1, -0.05) is 42.3 Å². The summed E-state index contributed by atoms with van der Waals surface area (Å²) in [5.41, 5.74) is 1.12. The van der Waals surface area contributed by atoms with Crippen LogP contribution in [-0.2, 0) is 0 Å². The summed E-state index contributed by atoms with van der Waals surface area (Å²) in [5.74, 6) is 0.537. The number of hydrogen-bond donors (Lipinski definition) is 0. The van der Waals surface area contributed by atoms with Crippen molar-refractivity contribution in [2.75, 3.05) is 20.1 Å². The third-order valence-corrected chi connectivity index (χ3v) is 6.65. The number of benzene rings is 2. The lowest BCUT2D eigenvalue weighted by atomic mass is 9.90. The summed E-state index contributed by atoms with van der Waals surface area (Å²) in [6.45, 7) is 1.26. The van der Waals surface area contributed by atoms with E-state index in [2.05, 4.69) is 0 Å². The highest BCUT2D eigenvalue weighted by Crippen LogP contribution is 2.32. The van der Waals surface area contributed by atoms with Gasteiger partial charge in [0, 0.05) is 20.1 Å². The predicted molar refractivity (Wildman–Crippen MR) is 122 cm³/mol. The Hall–Kier alpha value is -2.53. The van der Waals surface area contributed by atoms with Crippen LogP contribution in [0.5, 0.6) is 5.75 Å². The largest absolute Gasteiger partial charge is 0.487 e. The van der Waals surface area contributed by atoms with Crippen LogP contribution in [0.15, 0.2) is 48.5 Å². The van der Waals surface area contributed by atoms with Crippen molar-refractivity contribution in [3.63, 3.8) is 0 Å². The molecule has 0 unspecified atom stereocenters. The first-order valence-electron chi connectivity index (χ1n) is 11.1. The smallest absolute Gasteiger partial charge is 0.257 e. The average Bonchev–Trinajstić information content (AvgIpc) is 2.79.